The number of rotatable bonds is 10. The Morgan fingerprint density at radius 2 is 1.64 bits per heavy atom. The summed E-state index contributed by atoms with van der Waals surface area (Å²) in [6.07, 6.45) is 1.45. The first-order valence-electron chi connectivity index (χ1n) is 16.1. The number of benzene rings is 2. The van der Waals surface area contributed by atoms with Crippen molar-refractivity contribution < 1.29 is 41.0 Å². The monoisotopic (exact) mass is 703 g/mol. The van der Waals surface area contributed by atoms with E-state index in [0.717, 1.165) is 29.0 Å². The highest BCUT2D eigenvalue weighted by atomic mass is 19.4. The summed E-state index contributed by atoms with van der Waals surface area (Å²) in [7, 11) is 1.84. The number of alkyl halides is 3. The van der Waals surface area contributed by atoms with Crippen LogP contribution in [0.3, 0.4) is 0 Å². The van der Waals surface area contributed by atoms with Crippen molar-refractivity contribution in [3.05, 3.63) is 91.6 Å². The van der Waals surface area contributed by atoms with Crippen molar-refractivity contribution in [2.45, 2.75) is 77.6 Å². The van der Waals surface area contributed by atoms with Crippen LogP contribution in [-0.2, 0) is 15.8 Å². The summed E-state index contributed by atoms with van der Waals surface area (Å²) in [5.41, 5.74) is -3.09. The highest BCUT2D eigenvalue weighted by Crippen LogP contribution is 2.40. The minimum atomic E-state index is -4.85. The van der Waals surface area contributed by atoms with Crippen LogP contribution in [0.25, 0.3) is 11.1 Å². The maximum Gasteiger partial charge on any atom is 0.416 e. The molecule has 4 rings (SSSR count). The number of amides is 1. The molecule has 1 amide bonds. The zero-order valence-electron chi connectivity index (χ0n) is 28.4. The summed E-state index contributed by atoms with van der Waals surface area (Å²) in [6, 6.07) is 0.208. The molecule has 1 fully saturated rings. The van der Waals surface area contributed by atoms with Crippen LogP contribution in [0, 0.1) is 49.6 Å². The fourth-order valence-corrected chi connectivity index (χ4v) is 6.78. The number of halogens is 6. The second kappa shape index (κ2) is 15.1. The summed E-state index contributed by atoms with van der Waals surface area (Å²) in [6.45, 7) is 7.43. The zero-order chi connectivity index (χ0) is 37.2. The molecule has 3 aromatic rings. The van der Waals surface area contributed by atoms with Crippen LogP contribution >= 0.6 is 0 Å². The number of aryl methyl sites for hydroxylation is 2. The lowest BCUT2D eigenvalue weighted by atomic mass is 9.87. The molecule has 0 saturated carbocycles. The fraction of sp³-hybridized carbons (Fsp3) is 0.432. The number of aliphatic carboxylic acids is 1. The van der Waals surface area contributed by atoms with E-state index < -0.39 is 76.6 Å². The van der Waals surface area contributed by atoms with Gasteiger partial charge in [0, 0.05) is 29.0 Å². The highest BCUT2D eigenvalue weighted by Gasteiger charge is 2.39. The number of hydrogen-bond donors (Lipinski definition) is 2. The molecular formula is C37H39F6N3O4. The van der Waals surface area contributed by atoms with Crippen molar-refractivity contribution in [1.82, 2.24) is 14.8 Å². The molecule has 0 spiro atoms. The summed E-state index contributed by atoms with van der Waals surface area (Å²) in [4.78, 5) is 41.4. The number of hydrogen-bond acceptors (Lipinski definition) is 4. The predicted octanol–water partition coefficient (Wildman–Crippen LogP) is 7.28. The molecule has 1 aliphatic heterocycles. The number of carbonyl (C=O) groups excluding carboxylic acids is 1. The van der Waals surface area contributed by atoms with E-state index in [9.17, 15) is 37.1 Å². The first-order chi connectivity index (χ1) is 23.3. The van der Waals surface area contributed by atoms with Crippen molar-refractivity contribution in [2.75, 3.05) is 20.1 Å². The summed E-state index contributed by atoms with van der Waals surface area (Å²) < 4.78 is 90.0. The molecule has 1 saturated heterocycles. The number of terminal acetylenes is 1. The molecule has 2 heterocycles. The SMILES string of the molecule is C#Cc1cc(F)c([C@@H](CC(=O)O)NC(=O)[C@@H](CC(C)C)n2cc(C3CCN(C)CC3)c(C(F)(F)F)cc2=O)c(F)c1-c1c(C)cc(F)cc1C. The van der Waals surface area contributed by atoms with Gasteiger partial charge in [-0.3, -0.25) is 14.4 Å². The average Bonchev–Trinajstić information content (AvgIpc) is 2.99. The van der Waals surface area contributed by atoms with Gasteiger partial charge in [0.1, 0.15) is 23.5 Å². The Hall–Kier alpha value is -4.57. The lowest BCUT2D eigenvalue weighted by Crippen LogP contribution is -2.41. The van der Waals surface area contributed by atoms with Gasteiger partial charge in [0.2, 0.25) is 5.91 Å². The first-order valence-corrected chi connectivity index (χ1v) is 16.1. The van der Waals surface area contributed by atoms with Gasteiger partial charge in [0.25, 0.3) is 5.56 Å². The third-order valence-corrected chi connectivity index (χ3v) is 9.11. The van der Waals surface area contributed by atoms with Gasteiger partial charge in [0.15, 0.2) is 0 Å². The van der Waals surface area contributed by atoms with Gasteiger partial charge in [-0.1, -0.05) is 19.8 Å². The molecule has 2 N–H and O–H groups in total. The lowest BCUT2D eigenvalue weighted by Gasteiger charge is -2.32. The molecule has 0 aliphatic carbocycles. The Morgan fingerprint density at radius 3 is 2.16 bits per heavy atom. The summed E-state index contributed by atoms with van der Waals surface area (Å²) in [5.74, 6) is -4.38. The van der Waals surface area contributed by atoms with Gasteiger partial charge in [-0.25, -0.2) is 13.2 Å². The number of likely N-dealkylation sites (tertiary alicyclic amines) is 1. The number of carboxylic acid groups (broad SMARTS) is 1. The number of aromatic nitrogens is 1. The van der Waals surface area contributed by atoms with E-state index >= 15 is 8.78 Å². The quantitative estimate of drug-likeness (QED) is 0.171. The summed E-state index contributed by atoms with van der Waals surface area (Å²) >= 11 is 0. The number of pyridine rings is 1. The molecule has 7 nitrogen and oxygen atoms in total. The Kier molecular flexibility index (Phi) is 11.6. The van der Waals surface area contributed by atoms with Gasteiger partial charge in [-0.2, -0.15) is 13.2 Å². The standard InChI is InChI=1S/C37H39F6N3O4/c1-7-22-15-27(39)34(35(40)33(22)32-20(4)13-24(38)14-21(32)5)28(17-31(48)49)44-36(50)29(12-19(2)3)46-18-25(23-8-10-45(6)11-9-23)26(16-30(46)47)37(41,42)43/h1,13-16,18-19,23,28-29H,8-12,17H2,2-6H3,(H,44,50)(H,48,49)/t28-,29-/m1/s1. The molecule has 2 atom stereocenters. The Balaban J connectivity index is 1.87. The van der Waals surface area contributed by atoms with Gasteiger partial charge in [-0.15, -0.1) is 6.42 Å². The number of nitrogens with one attached hydrogen (secondary N) is 1. The minimum absolute atomic E-state index is 0.0794. The molecule has 1 aliphatic rings. The van der Waals surface area contributed by atoms with E-state index in [1.165, 1.54) is 13.8 Å². The van der Waals surface area contributed by atoms with Crippen LogP contribution in [-0.4, -0.2) is 46.6 Å². The third kappa shape index (κ3) is 8.24. The summed E-state index contributed by atoms with van der Waals surface area (Å²) in [5, 5.41) is 12.1. The van der Waals surface area contributed by atoms with Crippen molar-refractivity contribution in [3.63, 3.8) is 0 Å². The molecule has 2 aromatic carbocycles. The maximum absolute atomic E-state index is 16.6. The van der Waals surface area contributed by atoms with Gasteiger partial charge in [0.05, 0.1) is 18.0 Å². The van der Waals surface area contributed by atoms with Crippen molar-refractivity contribution in [1.29, 1.82) is 0 Å². The molecule has 0 unspecified atom stereocenters. The van der Waals surface area contributed by atoms with E-state index in [-0.39, 0.29) is 45.7 Å². The van der Waals surface area contributed by atoms with Gasteiger partial charge >= 0.3 is 12.1 Å². The third-order valence-electron chi connectivity index (χ3n) is 9.11. The first kappa shape index (κ1) is 38.2. The molecule has 50 heavy (non-hydrogen) atoms. The van der Waals surface area contributed by atoms with Crippen molar-refractivity contribution in [3.8, 4) is 23.5 Å². The normalized spacial score (nSPS) is 15.5. The smallest absolute Gasteiger partial charge is 0.416 e. The largest absolute Gasteiger partial charge is 0.481 e. The number of carboxylic acids is 1. The average molecular weight is 704 g/mol. The Bertz CT molecular complexity index is 1860. The number of nitrogens with zero attached hydrogens (tertiary/aromatic N) is 2. The zero-order valence-corrected chi connectivity index (χ0v) is 28.4. The topological polar surface area (TPSA) is 91.6 Å². The molecule has 0 radical (unpaired) electrons. The van der Waals surface area contributed by atoms with Crippen LogP contribution in [0.1, 0.15) is 90.9 Å². The molecule has 1 aromatic heterocycles. The van der Waals surface area contributed by atoms with Crippen molar-refractivity contribution >= 4 is 11.9 Å². The van der Waals surface area contributed by atoms with Crippen molar-refractivity contribution in [2.24, 2.45) is 5.92 Å². The van der Waals surface area contributed by atoms with Crippen LogP contribution in [0.4, 0.5) is 26.3 Å². The van der Waals surface area contributed by atoms with E-state index in [4.69, 9.17) is 6.42 Å². The molecular weight excluding hydrogens is 664 g/mol. The number of piperidine rings is 1. The van der Waals surface area contributed by atoms with E-state index in [1.54, 1.807) is 13.8 Å². The van der Waals surface area contributed by atoms with E-state index in [0.29, 0.717) is 32.0 Å². The Morgan fingerprint density at radius 1 is 1.04 bits per heavy atom. The van der Waals surface area contributed by atoms with Crippen LogP contribution in [0.15, 0.2) is 35.3 Å². The fourth-order valence-electron chi connectivity index (χ4n) is 6.78. The predicted molar refractivity (Wildman–Crippen MR) is 176 cm³/mol. The second-order valence-corrected chi connectivity index (χ2v) is 13.3. The van der Waals surface area contributed by atoms with Crippen LogP contribution < -0.4 is 10.9 Å². The molecule has 13 heteroatoms. The molecule has 268 valence electrons. The highest BCUT2D eigenvalue weighted by molar-refractivity contribution is 5.83. The number of carbonyl (C=O) groups is 2. The van der Waals surface area contributed by atoms with Gasteiger partial charge < -0.3 is 19.9 Å². The van der Waals surface area contributed by atoms with Gasteiger partial charge in [-0.05, 0) is 106 Å². The Labute approximate surface area is 286 Å². The lowest BCUT2D eigenvalue weighted by molar-refractivity contribution is -0.139. The second-order valence-electron chi connectivity index (χ2n) is 13.3. The van der Waals surface area contributed by atoms with Crippen LogP contribution in [0.5, 0.6) is 0 Å². The van der Waals surface area contributed by atoms with E-state index in [1.807, 2.05) is 11.9 Å². The minimum Gasteiger partial charge on any atom is -0.481 e. The maximum atomic E-state index is 16.6. The van der Waals surface area contributed by atoms with Crippen LogP contribution in [0.2, 0.25) is 0 Å². The van der Waals surface area contributed by atoms with E-state index in [2.05, 4.69) is 11.2 Å². The molecule has 0 bridgehead atoms.